The highest BCUT2D eigenvalue weighted by Gasteiger charge is 2.47. The molecule has 0 spiro atoms. The first-order chi connectivity index (χ1) is 13.0. The van der Waals surface area contributed by atoms with Crippen LogP contribution in [0.2, 0.25) is 0 Å². The first-order valence-electron chi connectivity index (χ1n) is 9.09. The summed E-state index contributed by atoms with van der Waals surface area (Å²) in [7, 11) is -3.41. The normalized spacial score (nSPS) is 24.7. The van der Waals surface area contributed by atoms with Gasteiger partial charge in [0.05, 0.1) is 10.1 Å². The summed E-state index contributed by atoms with van der Waals surface area (Å²) in [6.45, 7) is -0.108. The van der Waals surface area contributed by atoms with E-state index in [0.717, 1.165) is 17.5 Å². The van der Waals surface area contributed by atoms with Crippen LogP contribution >= 0.6 is 0 Å². The number of carbonyl (C=O) groups is 1. The lowest BCUT2D eigenvalue weighted by Crippen LogP contribution is -2.51. The van der Waals surface area contributed by atoms with Gasteiger partial charge in [0.1, 0.15) is 6.54 Å². The van der Waals surface area contributed by atoms with Crippen molar-refractivity contribution < 1.29 is 13.2 Å². The zero-order chi connectivity index (χ0) is 19.0. The fourth-order valence-electron chi connectivity index (χ4n) is 4.31. The summed E-state index contributed by atoms with van der Waals surface area (Å²) in [6.07, 6.45) is 3.96. The number of carbonyl (C=O) groups excluding carboxylic acids is 1. The second-order valence-electron chi connectivity index (χ2n) is 7.16. The van der Waals surface area contributed by atoms with Crippen LogP contribution in [0.25, 0.3) is 0 Å². The summed E-state index contributed by atoms with van der Waals surface area (Å²) in [4.78, 5) is 26.7. The lowest BCUT2D eigenvalue weighted by Gasteiger charge is -2.38. The van der Waals surface area contributed by atoms with Gasteiger partial charge in [0.25, 0.3) is 5.56 Å². The molecule has 2 aliphatic heterocycles. The minimum Gasteiger partial charge on any atom is -0.335 e. The summed E-state index contributed by atoms with van der Waals surface area (Å²) < 4.78 is 27.1. The molecule has 142 valence electrons. The Morgan fingerprint density at radius 2 is 1.70 bits per heavy atom. The van der Waals surface area contributed by atoms with Gasteiger partial charge in [-0.1, -0.05) is 18.2 Å². The van der Waals surface area contributed by atoms with Crippen LogP contribution in [0.3, 0.4) is 0 Å². The van der Waals surface area contributed by atoms with Crippen LogP contribution in [-0.4, -0.2) is 46.3 Å². The monoisotopic (exact) mass is 387 g/mol. The smallest absolute Gasteiger partial charge is 0.267 e. The van der Waals surface area contributed by atoms with E-state index in [1.807, 2.05) is 0 Å². The minimum absolute atomic E-state index is 0.0980. The Bertz CT molecular complexity index is 989. The molecule has 2 aliphatic rings. The van der Waals surface area contributed by atoms with Gasteiger partial charge in [0, 0.05) is 24.3 Å². The van der Waals surface area contributed by atoms with Gasteiger partial charge in [-0.25, -0.2) is 13.1 Å². The molecule has 2 bridgehead atoms. The average molecular weight is 387 g/mol. The van der Waals surface area contributed by atoms with Gasteiger partial charge >= 0.3 is 0 Å². The number of sulfone groups is 1. The molecule has 3 heterocycles. The predicted octanol–water partition coefficient (Wildman–Crippen LogP) is 1.24. The number of piperidine rings is 1. The van der Waals surface area contributed by atoms with Crippen molar-refractivity contribution in [2.24, 2.45) is 0 Å². The van der Waals surface area contributed by atoms with Crippen molar-refractivity contribution in [2.45, 2.75) is 54.5 Å². The van der Waals surface area contributed by atoms with Crippen LogP contribution < -0.4 is 5.56 Å². The number of fused-ring (bicyclic) bond motifs is 2. The largest absolute Gasteiger partial charge is 0.335 e. The summed E-state index contributed by atoms with van der Waals surface area (Å²) in [5, 5.41) is 3.47. The molecule has 27 heavy (non-hydrogen) atoms. The topological polar surface area (TPSA) is 89.3 Å². The molecule has 0 saturated carbocycles. The number of benzene rings is 1. The Morgan fingerprint density at radius 1 is 1.04 bits per heavy atom. The first kappa shape index (κ1) is 17.9. The molecule has 1 unspecified atom stereocenters. The second kappa shape index (κ2) is 6.92. The third-order valence-corrected chi connectivity index (χ3v) is 7.75. The molecular weight excluding hydrogens is 366 g/mol. The third-order valence-electron chi connectivity index (χ3n) is 5.56. The lowest BCUT2D eigenvalue weighted by molar-refractivity contribution is -0.136. The molecule has 4 rings (SSSR count). The molecule has 0 N–H and O–H groups in total. The van der Waals surface area contributed by atoms with Crippen LogP contribution in [0.1, 0.15) is 25.7 Å². The van der Waals surface area contributed by atoms with E-state index in [2.05, 4.69) is 5.10 Å². The SMILES string of the molecule is O=C(Cn1ncccc1=O)N1[C@@H]2CC[C@H]1CC(S(=O)(=O)c1ccccc1)C2. The molecule has 1 aromatic carbocycles. The van der Waals surface area contributed by atoms with E-state index in [4.69, 9.17) is 0 Å². The van der Waals surface area contributed by atoms with E-state index in [0.29, 0.717) is 17.7 Å². The quantitative estimate of drug-likeness (QED) is 0.787. The van der Waals surface area contributed by atoms with Crippen molar-refractivity contribution in [2.75, 3.05) is 0 Å². The van der Waals surface area contributed by atoms with E-state index in [-0.39, 0.29) is 30.1 Å². The predicted molar refractivity (Wildman–Crippen MR) is 98.8 cm³/mol. The zero-order valence-electron chi connectivity index (χ0n) is 14.8. The summed E-state index contributed by atoms with van der Waals surface area (Å²) in [5.41, 5.74) is -0.320. The Hall–Kier alpha value is -2.48. The van der Waals surface area contributed by atoms with Crippen LogP contribution in [0, 0.1) is 0 Å². The molecule has 2 fully saturated rings. The van der Waals surface area contributed by atoms with Gasteiger partial charge in [-0.2, -0.15) is 5.10 Å². The first-order valence-corrected chi connectivity index (χ1v) is 10.6. The Morgan fingerprint density at radius 3 is 2.33 bits per heavy atom. The van der Waals surface area contributed by atoms with Crippen LogP contribution in [0.4, 0.5) is 0 Å². The Labute approximate surface area is 157 Å². The number of amides is 1. The molecule has 2 aromatic rings. The molecule has 0 radical (unpaired) electrons. The van der Waals surface area contributed by atoms with Crippen molar-refractivity contribution in [3.05, 3.63) is 59.0 Å². The van der Waals surface area contributed by atoms with Gasteiger partial charge in [0.15, 0.2) is 9.84 Å². The second-order valence-corrected chi connectivity index (χ2v) is 9.39. The van der Waals surface area contributed by atoms with E-state index in [1.54, 1.807) is 35.2 Å². The number of hydrogen-bond donors (Lipinski definition) is 0. The van der Waals surface area contributed by atoms with E-state index < -0.39 is 15.1 Å². The van der Waals surface area contributed by atoms with Gasteiger partial charge in [-0.3, -0.25) is 9.59 Å². The molecule has 1 aromatic heterocycles. The van der Waals surface area contributed by atoms with Crippen molar-refractivity contribution >= 4 is 15.7 Å². The van der Waals surface area contributed by atoms with Crippen molar-refractivity contribution in [1.29, 1.82) is 0 Å². The lowest BCUT2D eigenvalue weighted by atomic mass is 10.0. The van der Waals surface area contributed by atoms with Gasteiger partial charge in [-0.05, 0) is 43.9 Å². The highest BCUT2D eigenvalue weighted by Crippen LogP contribution is 2.39. The molecule has 8 heteroatoms. The molecule has 7 nitrogen and oxygen atoms in total. The Kier molecular flexibility index (Phi) is 4.59. The zero-order valence-corrected chi connectivity index (χ0v) is 15.6. The van der Waals surface area contributed by atoms with E-state index in [1.165, 1.54) is 18.3 Å². The van der Waals surface area contributed by atoms with Crippen LogP contribution in [-0.2, 0) is 21.2 Å². The number of hydrogen-bond acceptors (Lipinski definition) is 5. The third kappa shape index (κ3) is 3.29. The molecule has 0 aliphatic carbocycles. The van der Waals surface area contributed by atoms with Crippen molar-refractivity contribution in [3.63, 3.8) is 0 Å². The summed E-state index contributed by atoms with van der Waals surface area (Å²) in [6, 6.07) is 11.2. The summed E-state index contributed by atoms with van der Waals surface area (Å²) >= 11 is 0. The van der Waals surface area contributed by atoms with E-state index in [9.17, 15) is 18.0 Å². The molecule has 1 amide bonds. The molecule has 3 atom stereocenters. The van der Waals surface area contributed by atoms with Crippen LogP contribution in [0.15, 0.2) is 58.4 Å². The minimum atomic E-state index is -3.41. The fourth-order valence-corrected chi connectivity index (χ4v) is 6.18. The molecular formula is C19H21N3O4S. The van der Waals surface area contributed by atoms with Gasteiger partial charge in [-0.15, -0.1) is 0 Å². The fraction of sp³-hybridized carbons (Fsp3) is 0.421. The number of rotatable bonds is 4. The van der Waals surface area contributed by atoms with Crippen molar-refractivity contribution in [1.82, 2.24) is 14.7 Å². The standard InChI is InChI=1S/C19H21N3O4S/c23-18-7-4-10-20-21(18)13-19(24)22-14-8-9-15(22)12-17(11-14)27(25,26)16-5-2-1-3-6-16/h1-7,10,14-15,17H,8-9,11-13H2/t14-,15+,17?. The number of nitrogens with zero attached hydrogens (tertiary/aromatic N) is 3. The average Bonchev–Trinajstić information content (AvgIpc) is 2.94. The maximum atomic E-state index is 13.0. The Balaban J connectivity index is 1.52. The van der Waals surface area contributed by atoms with E-state index >= 15 is 0 Å². The highest BCUT2D eigenvalue weighted by atomic mass is 32.2. The van der Waals surface area contributed by atoms with Gasteiger partial charge in [0.2, 0.25) is 5.91 Å². The highest BCUT2D eigenvalue weighted by molar-refractivity contribution is 7.92. The number of aromatic nitrogens is 2. The van der Waals surface area contributed by atoms with Crippen molar-refractivity contribution in [3.8, 4) is 0 Å². The maximum Gasteiger partial charge on any atom is 0.267 e. The van der Waals surface area contributed by atoms with Gasteiger partial charge < -0.3 is 4.90 Å². The maximum absolute atomic E-state index is 13.0. The summed E-state index contributed by atoms with van der Waals surface area (Å²) in [5.74, 6) is -0.168. The van der Waals surface area contributed by atoms with Crippen LogP contribution in [0.5, 0.6) is 0 Å². The molecule has 2 saturated heterocycles.